The molecule has 1 N–H and O–H groups in total. The van der Waals surface area contributed by atoms with Gasteiger partial charge < -0.3 is 10.2 Å². The second-order valence-corrected chi connectivity index (χ2v) is 11.4. The molecule has 0 saturated heterocycles. The number of aryl methyl sites for hydroxylation is 1. The molecule has 7 nitrogen and oxygen atoms in total. The van der Waals surface area contributed by atoms with Crippen molar-refractivity contribution >= 4 is 27.5 Å². The minimum atomic E-state index is -3.50. The molecule has 2 amide bonds. The number of anilines is 1. The van der Waals surface area contributed by atoms with E-state index in [1.54, 1.807) is 24.0 Å². The Morgan fingerprint density at radius 3 is 2.26 bits per heavy atom. The average Bonchev–Trinajstić information content (AvgIpc) is 3.33. The lowest BCUT2D eigenvalue weighted by Crippen LogP contribution is -2.49. The molecule has 1 saturated carbocycles. The Balaban J connectivity index is 1.68. The summed E-state index contributed by atoms with van der Waals surface area (Å²) in [5.74, 6) is -0.307. The first-order valence-electron chi connectivity index (χ1n) is 12.3. The van der Waals surface area contributed by atoms with E-state index in [-0.39, 0.29) is 30.8 Å². The molecule has 1 unspecified atom stereocenters. The SMILES string of the molecule is Cc1ccc(N(CCCC(=O)N(Cc2ccccc2)C(C)C(=O)NC2CCCC2)S(C)(=O)=O)cc1. The predicted molar refractivity (Wildman–Crippen MR) is 139 cm³/mol. The topological polar surface area (TPSA) is 86.8 Å². The second-order valence-electron chi connectivity index (χ2n) is 9.45. The van der Waals surface area contributed by atoms with Crippen molar-refractivity contribution in [2.24, 2.45) is 0 Å². The Hall–Kier alpha value is -2.87. The fraction of sp³-hybridized carbons (Fsp3) is 0.481. The van der Waals surface area contributed by atoms with E-state index in [1.807, 2.05) is 49.4 Å². The third-order valence-corrected chi connectivity index (χ3v) is 7.73. The molecular weight excluding hydrogens is 462 g/mol. The standard InChI is InChI=1S/C27H37N3O4S/c1-21-15-17-25(18-16-21)30(35(3,33)34)19-9-14-26(31)29(20-23-10-5-4-6-11-23)22(2)27(32)28-24-12-7-8-13-24/h4-6,10-11,15-18,22,24H,7-9,12-14,19-20H2,1-3H3,(H,28,32). The van der Waals surface area contributed by atoms with Gasteiger partial charge in [-0.3, -0.25) is 13.9 Å². The molecule has 8 heteroatoms. The maximum Gasteiger partial charge on any atom is 0.242 e. The van der Waals surface area contributed by atoms with Crippen LogP contribution < -0.4 is 9.62 Å². The molecule has 2 aromatic carbocycles. The van der Waals surface area contributed by atoms with E-state index in [4.69, 9.17) is 0 Å². The third kappa shape index (κ3) is 7.82. The van der Waals surface area contributed by atoms with Gasteiger partial charge in [0.05, 0.1) is 11.9 Å². The Bertz CT molecular complexity index is 1080. The van der Waals surface area contributed by atoms with Crippen LogP contribution in [-0.4, -0.2) is 50.0 Å². The quantitative estimate of drug-likeness (QED) is 0.506. The van der Waals surface area contributed by atoms with Gasteiger partial charge in [0.2, 0.25) is 21.8 Å². The molecule has 0 aliphatic heterocycles. The van der Waals surface area contributed by atoms with Crippen molar-refractivity contribution in [3.05, 3.63) is 65.7 Å². The van der Waals surface area contributed by atoms with Gasteiger partial charge in [-0.05, 0) is 50.8 Å². The smallest absolute Gasteiger partial charge is 0.242 e. The summed E-state index contributed by atoms with van der Waals surface area (Å²) in [7, 11) is -3.50. The summed E-state index contributed by atoms with van der Waals surface area (Å²) in [5.41, 5.74) is 2.56. The molecule has 2 aromatic rings. The van der Waals surface area contributed by atoms with Crippen LogP contribution >= 0.6 is 0 Å². The van der Waals surface area contributed by atoms with Crippen LogP contribution in [0.15, 0.2) is 54.6 Å². The minimum Gasteiger partial charge on any atom is -0.352 e. The van der Waals surface area contributed by atoms with E-state index in [0.29, 0.717) is 18.7 Å². The number of nitrogens with one attached hydrogen (secondary N) is 1. The van der Waals surface area contributed by atoms with E-state index in [9.17, 15) is 18.0 Å². The van der Waals surface area contributed by atoms with Gasteiger partial charge in [-0.15, -0.1) is 0 Å². The van der Waals surface area contributed by atoms with Crippen molar-refractivity contribution in [3.8, 4) is 0 Å². The summed E-state index contributed by atoms with van der Waals surface area (Å²) >= 11 is 0. The number of amides is 2. The molecule has 1 atom stereocenters. The van der Waals surface area contributed by atoms with E-state index >= 15 is 0 Å². The number of hydrogen-bond donors (Lipinski definition) is 1. The van der Waals surface area contributed by atoms with Gasteiger partial charge >= 0.3 is 0 Å². The normalized spacial score (nSPS) is 14.9. The summed E-state index contributed by atoms with van der Waals surface area (Å²) < 4.78 is 26.1. The van der Waals surface area contributed by atoms with Crippen LogP contribution in [0.1, 0.15) is 56.6 Å². The average molecular weight is 500 g/mol. The van der Waals surface area contributed by atoms with Gasteiger partial charge in [-0.2, -0.15) is 0 Å². The van der Waals surface area contributed by atoms with Gasteiger partial charge in [-0.1, -0.05) is 60.9 Å². The summed E-state index contributed by atoms with van der Waals surface area (Å²) in [6.07, 6.45) is 5.85. The Morgan fingerprint density at radius 2 is 1.66 bits per heavy atom. The number of nitrogens with zero attached hydrogens (tertiary/aromatic N) is 2. The molecule has 0 radical (unpaired) electrons. The number of carbonyl (C=O) groups is 2. The molecule has 3 rings (SSSR count). The number of sulfonamides is 1. The van der Waals surface area contributed by atoms with Gasteiger partial charge in [0.1, 0.15) is 6.04 Å². The maximum absolute atomic E-state index is 13.3. The van der Waals surface area contributed by atoms with E-state index in [1.165, 1.54) is 10.6 Å². The number of hydrogen-bond acceptors (Lipinski definition) is 4. The summed E-state index contributed by atoms with van der Waals surface area (Å²) in [6.45, 7) is 4.22. The summed E-state index contributed by atoms with van der Waals surface area (Å²) in [4.78, 5) is 27.9. The summed E-state index contributed by atoms with van der Waals surface area (Å²) in [6, 6.07) is 16.4. The van der Waals surface area contributed by atoms with E-state index < -0.39 is 16.1 Å². The summed E-state index contributed by atoms with van der Waals surface area (Å²) in [5, 5.41) is 3.10. The highest BCUT2D eigenvalue weighted by atomic mass is 32.2. The number of carbonyl (C=O) groups excluding carboxylic acids is 2. The van der Waals surface area contributed by atoms with E-state index in [2.05, 4.69) is 5.32 Å². The lowest BCUT2D eigenvalue weighted by atomic mass is 10.1. The van der Waals surface area contributed by atoms with Crippen molar-refractivity contribution in [2.75, 3.05) is 17.1 Å². The minimum absolute atomic E-state index is 0.140. The maximum atomic E-state index is 13.3. The lowest BCUT2D eigenvalue weighted by molar-refractivity contribution is -0.141. The van der Waals surface area contributed by atoms with E-state index in [0.717, 1.165) is 36.8 Å². The Kier molecular flexibility index (Phi) is 9.32. The Morgan fingerprint density at radius 1 is 1.03 bits per heavy atom. The lowest BCUT2D eigenvalue weighted by Gasteiger charge is -2.30. The largest absolute Gasteiger partial charge is 0.352 e. The van der Waals surface area contributed by atoms with Crippen molar-refractivity contribution < 1.29 is 18.0 Å². The van der Waals surface area contributed by atoms with Crippen LogP contribution in [0.4, 0.5) is 5.69 Å². The predicted octanol–water partition coefficient (Wildman–Crippen LogP) is 4.02. The van der Waals surface area contributed by atoms with Crippen LogP contribution in [0.2, 0.25) is 0 Å². The van der Waals surface area contributed by atoms with Gasteiger partial charge in [0.15, 0.2) is 0 Å². The zero-order valence-corrected chi connectivity index (χ0v) is 21.8. The van der Waals surface area contributed by atoms with Crippen LogP contribution in [0.3, 0.4) is 0 Å². The highest BCUT2D eigenvalue weighted by Gasteiger charge is 2.28. The monoisotopic (exact) mass is 499 g/mol. The number of rotatable bonds is 11. The molecule has 0 spiro atoms. The van der Waals surface area contributed by atoms with Crippen LogP contribution in [-0.2, 0) is 26.2 Å². The first kappa shape index (κ1) is 26.7. The molecule has 1 aliphatic rings. The van der Waals surface area contributed by atoms with Gasteiger partial charge in [0.25, 0.3) is 0 Å². The first-order chi connectivity index (χ1) is 16.6. The molecule has 0 heterocycles. The Labute approximate surface area is 209 Å². The van der Waals surface area contributed by atoms with Crippen molar-refractivity contribution in [1.82, 2.24) is 10.2 Å². The molecule has 1 aliphatic carbocycles. The fourth-order valence-corrected chi connectivity index (χ4v) is 5.44. The molecule has 190 valence electrons. The van der Waals surface area contributed by atoms with Crippen LogP contribution in [0.25, 0.3) is 0 Å². The second kappa shape index (κ2) is 12.2. The highest BCUT2D eigenvalue weighted by Crippen LogP contribution is 2.21. The van der Waals surface area contributed by atoms with Gasteiger partial charge in [-0.25, -0.2) is 8.42 Å². The molecule has 1 fully saturated rings. The molecule has 0 aromatic heterocycles. The molecular formula is C27H37N3O4S. The fourth-order valence-electron chi connectivity index (χ4n) is 4.47. The van der Waals surface area contributed by atoms with Crippen LogP contribution in [0, 0.1) is 6.92 Å². The first-order valence-corrected chi connectivity index (χ1v) is 14.2. The van der Waals surface area contributed by atoms with Crippen LogP contribution in [0.5, 0.6) is 0 Å². The molecule has 35 heavy (non-hydrogen) atoms. The zero-order chi connectivity index (χ0) is 25.4. The molecule has 0 bridgehead atoms. The third-order valence-electron chi connectivity index (χ3n) is 6.54. The van der Waals surface area contributed by atoms with Crippen molar-refractivity contribution in [2.45, 2.75) is 71.0 Å². The van der Waals surface area contributed by atoms with Crippen molar-refractivity contribution in [3.63, 3.8) is 0 Å². The number of benzene rings is 2. The van der Waals surface area contributed by atoms with Crippen molar-refractivity contribution in [1.29, 1.82) is 0 Å². The highest BCUT2D eigenvalue weighted by molar-refractivity contribution is 7.92. The zero-order valence-electron chi connectivity index (χ0n) is 20.9. The van der Waals surface area contributed by atoms with Gasteiger partial charge in [0, 0.05) is 25.6 Å².